The van der Waals surface area contributed by atoms with Crippen LogP contribution in [0.4, 0.5) is 0 Å². The SMILES string of the molecule is CCNCC(CC)(CC)CN1CCC(CCO)C1. The topological polar surface area (TPSA) is 35.5 Å². The van der Waals surface area contributed by atoms with Crippen LogP contribution in [0.2, 0.25) is 0 Å². The third-order valence-corrected chi connectivity index (χ3v) is 4.72. The van der Waals surface area contributed by atoms with E-state index in [4.69, 9.17) is 5.11 Å². The average Bonchev–Trinajstić information content (AvgIpc) is 2.82. The maximum absolute atomic E-state index is 9.03. The van der Waals surface area contributed by atoms with Gasteiger partial charge in [-0.1, -0.05) is 20.8 Å². The molecule has 0 aromatic carbocycles. The molecule has 1 aliphatic heterocycles. The lowest BCUT2D eigenvalue weighted by Gasteiger charge is -2.36. The van der Waals surface area contributed by atoms with Gasteiger partial charge in [0.2, 0.25) is 0 Å². The van der Waals surface area contributed by atoms with Crippen LogP contribution < -0.4 is 5.32 Å². The minimum absolute atomic E-state index is 0.350. The van der Waals surface area contributed by atoms with Crippen molar-refractivity contribution in [3.8, 4) is 0 Å². The van der Waals surface area contributed by atoms with Crippen molar-refractivity contribution in [1.82, 2.24) is 10.2 Å². The highest BCUT2D eigenvalue weighted by atomic mass is 16.3. The fraction of sp³-hybridized carbons (Fsp3) is 1.00. The van der Waals surface area contributed by atoms with E-state index in [1.54, 1.807) is 0 Å². The number of hydrogen-bond donors (Lipinski definition) is 2. The summed E-state index contributed by atoms with van der Waals surface area (Å²) >= 11 is 0. The Morgan fingerprint density at radius 2 is 2.00 bits per heavy atom. The first-order chi connectivity index (χ1) is 8.69. The number of rotatable bonds is 9. The molecular formula is C15H32N2O. The van der Waals surface area contributed by atoms with Gasteiger partial charge in [0, 0.05) is 26.2 Å². The second kappa shape index (κ2) is 8.13. The van der Waals surface area contributed by atoms with E-state index in [9.17, 15) is 0 Å². The van der Waals surface area contributed by atoms with Crippen molar-refractivity contribution in [1.29, 1.82) is 0 Å². The van der Waals surface area contributed by atoms with Crippen LogP contribution in [0.1, 0.15) is 46.5 Å². The van der Waals surface area contributed by atoms with Gasteiger partial charge in [-0.15, -0.1) is 0 Å². The van der Waals surface area contributed by atoms with Crippen LogP contribution in [0.3, 0.4) is 0 Å². The predicted molar refractivity (Wildman–Crippen MR) is 77.8 cm³/mol. The average molecular weight is 256 g/mol. The molecule has 108 valence electrons. The van der Waals surface area contributed by atoms with Crippen LogP contribution in [-0.4, -0.2) is 49.3 Å². The minimum atomic E-state index is 0.350. The maximum atomic E-state index is 9.03. The van der Waals surface area contributed by atoms with Crippen molar-refractivity contribution in [3.05, 3.63) is 0 Å². The summed E-state index contributed by atoms with van der Waals surface area (Å²) in [5.41, 5.74) is 0.435. The van der Waals surface area contributed by atoms with Gasteiger partial charge >= 0.3 is 0 Å². The smallest absolute Gasteiger partial charge is 0.0434 e. The van der Waals surface area contributed by atoms with Gasteiger partial charge in [-0.25, -0.2) is 0 Å². The van der Waals surface area contributed by atoms with Gasteiger partial charge < -0.3 is 15.3 Å². The molecule has 1 aliphatic rings. The van der Waals surface area contributed by atoms with E-state index in [1.807, 2.05) is 0 Å². The van der Waals surface area contributed by atoms with E-state index in [0.717, 1.165) is 25.4 Å². The summed E-state index contributed by atoms with van der Waals surface area (Å²) in [6.45, 7) is 13.0. The standard InChI is InChI=1S/C15H32N2O/c1-4-15(5-2,12-16-6-3)13-17-9-7-14(11-17)8-10-18/h14,16,18H,4-13H2,1-3H3. The third kappa shape index (κ3) is 4.52. The van der Waals surface area contributed by atoms with Crippen molar-refractivity contribution in [3.63, 3.8) is 0 Å². The summed E-state index contributed by atoms with van der Waals surface area (Å²) in [4.78, 5) is 2.62. The first-order valence-electron chi connectivity index (χ1n) is 7.73. The molecule has 1 atom stereocenters. The molecule has 1 unspecified atom stereocenters. The van der Waals surface area contributed by atoms with Crippen LogP contribution in [0.5, 0.6) is 0 Å². The van der Waals surface area contributed by atoms with E-state index in [-0.39, 0.29) is 0 Å². The van der Waals surface area contributed by atoms with E-state index in [2.05, 4.69) is 31.0 Å². The Morgan fingerprint density at radius 3 is 2.56 bits per heavy atom. The Labute approximate surface area is 113 Å². The monoisotopic (exact) mass is 256 g/mol. The van der Waals surface area contributed by atoms with Crippen molar-refractivity contribution in [2.24, 2.45) is 11.3 Å². The molecule has 1 rings (SSSR count). The van der Waals surface area contributed by atoms with Crippen LogP contribution in [0.25, 0.3) is 0 Å². The van der Waals surface area contributed by atoms with E-state index in [0.29, 0.717) is 12.0 Å². The number of nitrogens with zero attached hydrogens (tertiary/aromatic N) is 1. The molecule has 3 nitrogen and oxygen atoms in total. The van der Waals surface area contributed by atoms with Gasteiger partial charge in [-0.05, 0) is 50.1 Å². The van der Waals surface area contributed by atoms with Crippen LogP contribution in [0, 0.1) is 11.3 Å². The predicted octanol–water partition coefficient (Wildman–Crippen LogP) is 2.11. The Hall–Kier alpha value is -0.120. The molecule has 1 heterocycles. The van der Waals surface area contributed by atoms with Gasteiger partial charge in [0.1, 0.15) is 0 Å². The molecular weight excluding hydrogens is 224 g/mol. The highest BCUT2D eigenvalue weighted by molar-refractivity contribution is 4.86. The van der Waals surface area contributed by atoms with Gasteiger partial charge in [-0.2, -0.15) is 0 Å². The van der Waals surface area contributed by atoms with Crippen molar-refractivity contribution in [2.45, 2.75) is 46.5 Å². The Kier molecular flexibility index (Phi) is 7.20. The molecule has 0 aliphatic carbocycles. The lowest BCUT2D eigenvalue weighted by Crippen LogP contribution is -2.43. The molecule has 1 fully saturated rings. The summed E-state index contributed by atoms with van der Waals surface area (Å²) in [6, 6.07) is 0. The normalized spacial score (nSPS) is 21.7. The zero-order valence-corrected chi connectivity index (χ0v) is 12.5. The van der Waals surface area contributed by atoms with Crippen molar-refractivity contribution < 1.29 is 5.11 Å². The van der Waals surface area contributed by atoms with Gasteiger partial charge in [0.05, 0.1) is 0 Å². The number of nitrogens with one attached hydrogen (secondary N) is 1. The quantitative estimate of drug-likeness (QED) is 0.663. The molecule has 0 spiro atoms. The lowest BCUT2D eigenvalue weighted by molar-refractivity contribution is 0.150. The molecule has 0 aromatic rings. The van der Waals surface area contributed by atoms with Crippen molar-refractivity contribution >= 4 is 0 Å². The van der Waals surface area contributed by atoms with Crippen molar-refractivity contribution in [2.75, 3.05) is 39.3 Å². The molecule has 0 saturated carbocycles. The Balaban J connectivity index is 2.46. The highest BCUT2D eigenvalue weighted by Gasteiger charge is 2.31. The highest BCUT2D eigenvalue weighted by Crippen LogP contribution is 2.30. The fourth-order valence-electron chi connectivity index (χ4n) is 3.12. The number of likely N-dealkylation sites (tertiary alicyclic amines) is 1. The summed E-state index contributed by atoms with van der Waals surface area (Å²) in [5, 5.41) is 12.6. The van der Waals surface area contributed by atoms with Crippen LogP contribution in [0.15, 0.2) is 0 Å². The summed E-state index contributed by atoms with van der Waals surface area (Å²) in [5.74, 6) is 0.723. The Bertz CT molecular complexity index is 217. The molecule has 0 radical (unpaired) electrons. The third-order valence-electron chi connectivity index (χ3n) is 4.72. The zero-order valence-electron chi connectivity index (χ0n) is 12.5. The zero-order chi connectivity index (χ0) is 13.4. The summed E-state index contributed by atoms with van der Waals surface area (Å²) in [6.07, 6.45) is 4.75. The lowest BCUT2D eigenvalue weighted by atomic mass is 9.81. The molecule has 18 heavy (non-hydrogen) atoms. The first kappa shape index (κ1) is 15.9. The second-order valence-electron chi connectivity index (χ2n) is 5.89. The molecule has 0 amide bonds. The summed E-state index contributed by atoms with van der Waals surface area (Å²) in [7, 11) is 0. The summed E-state index contributed by atoms with van der Waals surface area (Å²) < 4.78 is 0. The van der Waals surface area contributed by atoms with Gasteiger partial charge in [0.25, 0.3) is 0 Å². The maximum Gasteiger partial charge on any atom is 0.0434 e. The first-order valence-corrected chi connectivity index (χ1v) is 7.73. The Morgan fingerprint density at radius 1 is 1.28 bits per heavy atom. The number of aliphatic hydroxyl groups excluding tert-OH is 1. The molecule has 0 bridgehead atoms. The minimum Gasteiger partial charge on any atom is -0.396 e. The van der Waals surface area contributed by atoms with E-state index in [1.165, 1.54) is 38.9 Å². The van der Waals surface area contributed by atoms with Gasteiger partial charge in [0.15, 0.2) is 0 Å². The number of hydrogen-bond acceptors (Lipinski definition) is 3. The number of aliphatic hydroxyl groups is 1. The van der Waals surface area contributed by atoms with Crippen LogP contribution >= 0.6 is 0 Å². The van der Waals surface area contributed by atoms with Gasteiger partial charge in [-0.3, -0.25) is 0 Å². The van der Waals surface area contributed by atoms with E-state index >= 15 is 0 Å². The fourth-order valence-corrected chi connectivity index (χ4v) is 3.12. The molecule has 3 heteroatoms. The molecule has 2 N–H and O–H groups in total. The van der Waals surface area contributed by atoms with Crippen LogP contribution in [-0.2, 0) is 0 Å². The van der Waals surface area contributed by atoms with E-state index < -0.39 is 0 Å². The molecule has 1 saturated heterocycles. The molecule has 0 aromatic heterocycles. The second-order valence-corrected chi connectivity index (χ2v) is 5.89. The largest absolute Gasteiger partial charge is 0.396 e.